The standard InChI is InChI=1S/C22H26Cl3NO6/c1-19(2)30-11-15(31-19)14-9-20(3)16(32-20)17(29-10-13-7-5-4-6-8-13)21(14,12-27)26-18(28)22(23,24)25/h4-8,12,14-17H,9-11H2,1-3H3,(H,26,28)/t14?,15-,16-,17-,20+,21-/m1/s1. The highest BCUT2D eigenvalue weighted by atomic mass is 35.6. The van der Waals surface area contributed by atoms with E-state index in [-0.39, 0.29) is 13.2 Å². The molecule has 1 aliphatic carbocycles. The van der Waals surface area contributed by atoms with Crippen molar-refractivity contribution in [1.29, 1.82) is 0 Å². The molecule has 2 aliphatic heterocycles. The summed E-state index contributed by atoms with van der Waals surface area (Å²) in [4.78, 5) is 25.6. The molecular weight excluding hydrogens is 481 g/mol. The molecular formula is C22H26Cl3NO6. The van der Waals surface area contributed by atoms with Crippen LogP contribution in [0.3, 0.4) is 0 Å². The fraction of sp³-hybridized carbons (Fsp3) is 0.636. The van der Waals surface area contributed by atoms with Gasteiger partial charge in [-0.2, -0.15) is 0 Å². The van der Waals surface area contributed by atoms with Crippen molar-refractivity contribution in [3.63, 3.8) is 0 Å². The van der Waals surface area contributed by atoms with Gasteiger partial charge in [0, 0.05) is 5.92 Å². The molecule has 2 saturated heterocycles. The number of carbonyl (C=O) groups excluding carboxylic acids is 2. The highest BCUT2D eigenvalue weighted by Gasteiger charge is 2.72. The van der Waals surface area contributed by atoms with E-state index < -0.39 is 50.9 Å². The second-order valence-electron chi connectivity index (χ2n) is 9.25. The monoisotopic (exact) mass is 505 g/mol. The van der Waals surface area contributed by atoms with Gasteiger partial charge in [0.1, 0.15) is 24.0 Å². The molecule has 1 aromatic rings. The number of amides is 1. The number of alkyl halides is 3. The molecule has 1 unspecified atom stereocenters. The summed E-state index contributed by atoms with van der Waals surface area (Å²) in [5.41, 5.74) is -1.17. The van der Waals surface area contributed by atoms with E-state index >= 15 is 0 Å². The SMILES string of the molecule is CC1(C)OC[C@H](C2C[C@]3(C)O[C@@H]3[C@@H](OCc3ccccc3)[C@]2(C=O)NC(=O)C(Cl)(Cl)Cl)O1. The Morgan fingerprint density at radius 1 is 1.22 bits per heavy atom. The minimum absolute atomic E-state index is 0.209. The van der Waals surface area contributed by atoms with Crippen LogP contribution >= 0.6 is 34.8 Å². The van der Waals surface area contributed by atoms with E-state index in [0.29, 0.717) is 12.7 Å². The highest BCUT2D eigenvalue weighted by molar-refractivity contribution is 6.76. The van der Waals surface area contributed by atoms with Crippen molar-refractivity contribution < 1.29 is 28.5 Å². The van der Waals surface area contributed by atoms with Crippen molar-refractivity contribution in [3.8, 4) is 0 Å². The zero-order valence-electron chi connectivity index (χ0n) is 18.0. The Bertz CT molecular complexity index is 878. The molecule has 0 radical (unpaired) electrons. The number of nitrogens with one attached hydrogen (secondary N) is 1. The predicted octanol–water partition coefficient (Wildman–Crippen LogP) is 3.32. The summed E-state index contributed by atoms with van der Waals surface area (Å²) in [7, 11) is 0. The number of fused-ring (bicyclic) bond motifs is 1. The average Bonchev–Trinajstić information content (AvgIpc) is 3.27. The van der Waals surface area contributed by atoms with Gasteiger partial charge in [-0.1, -0.05) is 65.1 Å². The number of benzene rings is 1. The molecule has 7 nitrogen and oxygen atoms in total. The minimum Gasteiger partial charge on any atom is -0.368 e. The maximum absolute atomic E-state index is 12.8. The lowest BCUT2D eigenvalue weighted by Crippen LogP contribution is -2.71. The van der Waals surface area contributed by atoms with E-state index in [2.05, 4.69) is 5.32 Å². The minimum atomic E-state index is -2.26. The van der Waals surface area contributed by atoms with E-state index in [1.165, 1.54) is 0 Å². The van der Waals surface area contributed by atoms with Crippen LogP contribution in [-0.2, 0) is 35.1 Å². The van der Waals surface area contributed by atoms with Crippen molar-refractivity contribution >= 4 is 47.0 Å². The average molecular weight is 507 g/mol. The van der Waals surface area contributed by atoms with Crippen molar-refractivity contribution in [2.45, 2.75) is 72.8 Å². The molecule has 2 heterocycles. The lowest BCUT2D eigenvalue weighted by molar-refractivity contribution is -0.165. The fourth-order valence-electron chi connectivity index (χ4n) is 4.82. The van der Waals surface area contributed by atoms with E-state index in [0.717, 1.165) is 5.56 Å². The molecule has 1 saturated carbocycles. The van der Waals surface area contributed by atoms with Crippen LogP contribution in [0.1, 0.15) is 32.8 Å². The van der Waals surface area contributed by atoms with Crippen LogP contribution in [0.2, 0.25) is 0 Å². The molecule has 0 aromatic heterocycles. The van der Waals surface area contributed by atoms with Crippen molar-refractivity contribution in [2.75, 3.05) is 6.61 Å². The molecule has 10 heteroatoms. The molecule has 3 aliphatic rings. The Labute approximate surface area is 201 Å². The first kappa shape index (κ1) is 24.2. The number of rotatable bonds is 6. The smallest absolute Gasteiger partial charge is 0.273 e. The summed E-state index contributed by atoms with van der Waals surface area (Å²) in [6.07, 6.45) is -0.648. The molecule has 6 atom stereocenters. The molecule has 1 amide bonds. The van der Waals surface area contributed by atoms with Gasteiger partial charge in [0.05, 0.1) is 24.9 Å². The van der Waals surface area contributed by atoms with Gasteiger partial charge in [0.15, 0.2) is 5.79 Å². The van der Waals surface area contributed by atoms with Crippen molar-refractivity contribution in [3.05, 3.63) is 35.9 Å². The van der Waals surface area contributed by atoms with E-state index in [1.54, 1.807) is 13.8 Å². The number of hydrogen-bond donors (Lipinski definition) is 1. The Balaban J connectivity index is 1.70. The van der Waals surface area contributed by atoms with Gasteiger partial charge in [0.25, 0.3) is 9.70 Å². The summed E-state index contributed by atoms with van der Waals surface area (Å²) >= 11 is 17.5. The van der Waals surface area contributed by atoms with Crippen LogP contribution in [-0.4, -0.2) is 57.8 Å². The molecule has 32 heavy (non-hydrogen) atoms. The van der Waals surface area contributed by atoms with Gasteiger partial charge in [-0.05, 0) is 32.8 Å². The van der Waals surface area contributed by atoms with Gasteiger partial charge in [-0.3, -0.25) is 4.79 Å². The van der Waals surface area contributed by atoms with Gasteiger partial charge in [0.2, 0.25) is 0 Å². The normalized spacial score (nSPS) is 38.1. The van der Waals surface area contributed by atoms with Crippen LogP contribution < -0.4 is 5.32 Å². The van der Waals surface area contributed by atoms with Crippen LogP contribution in [0.25, 0.3) is 0 Å². The van der Waals surface area contributed by atoms with Crippen LogP contribution in [0.5, 0.6) is 0 Å². The Morgan fingerprint density at radius 2 is 1.91 bits per heavy atom. The van der Waals surface area contributed by atoms with Gasteiger partial charge >= 0.3 is 0 Å². The second-order valence-corrected chi connectivity index (χ2v) is 11.5. The first-order valence-electron chi connectivity index (χ1n) is 10.4. The van der Waals surface area contributed by atoms with Crippen LogP contribution in [0.4, 0.5) is 0 Å². The molecule has 1 aromatic carbocycles. The largest absolute Gasteiger partial charge is 0.368 e. The highest BCUT2D eigenvalue weighted by Crippen LogP contribution is 2.56. The molecule has 1 N–H and O–H groups in total. The quantitative estimate of drug-likeness (QED) is 0.362. The molecule has 176 valence electrons. The van der Waals surface area contributed by atoms with E-state index in [9.17, 15) is 9.59 Å². The zero-order chi connectivity index (χ0) is 23.4. The predicted molar refractivity (Wildman–Crippen MR) is 119 cm³/mol. The lowest BCUT2D eigenvalue weighted by atomic mass is 9.65. The zero-order valence-corrected chi connectivity index (χ0v) is 20.2. The number of aldehydes is 1. The van der Waals surface area contributed by atoms with Gasteiger partial charge in [-0.25, -0.2) is 0 Å². The first-order chi connectivity index (χ1) is 14.9. The first-order valence-corrected chi connectivity index (χ1v) is 11.5. The van der Waals surface area contributed by atoms with Crippen molar-refractivity contribution in [1.82, 2.24) is 5.32 Å². The Hall–Kier alpha value is -0.930. The maximum Gasteiger partial charge on any atom is 0.273 e. The number of hydrogen-bond acceptors (Lipinski definition) is 6. The number of ether oxygens (including phenoxy) is 4. The lowest BCUT2D eigenvalue weighted by Gasteiger charge is -2.47. The summed E-state index contributed by atoms with van der Waals surface area (Å²) < 4.78 is 21.8. The van der Waals surface area contributed by atoms with E-state index in [4.69, 9.17) is 53.8 Å². The second kappa shape index (κ2) is 8.38. The fourth-order valence-corrected chi connectivity index (χ4v) is 4.96. The molecule has 4 rings (SSSR count). The molecule has 0 bridgehead atoms. The van der Waals surface area contributed by atoms with E-state index in [1.807, 2.05) is 37.3 Å². The topological polar surface area (TPSA) is 86.4 Å². The summed E-state index contributed by atoms with van der Waals surface area (Å²) in [6.45, 7) is 5.99. The third-order valence-corrected chi connectivity index (χ3v) is 6.97. The van der Waals surface area contributed by atoms with Gasteiger partial charge in [-0.15, -0.1) is 0 Å². The number of carbonyl (C=O) groups is 2. The Morgan fingerprint density at radius 3 is 2.47 bits per heavy atom. The number of halogens is 3. The van der Waals surface area contributed by atoms with Gasteiger partial charge < -0.3 is 29.1 Å². The maximum atomic E-state index is 12.8. The molecule has 0 spiro atoms. The van der Waals surface area contributed by atoms with Crippen LogP contribution in [0, 0.1) is 5.92 Å². The summed E-state index contributed by atoms with van der Waals surface area (Å²) in [6, 6.07) is 9.50. The summed E-state index contributed by atoms with van der Waals surface area (Å²) in [5.74, 6) is -2.29. The summed E-state index contributed by atoms with van der Waals surface area (Å²) in [5, 5.41) is 2.69. The van der Waals surface area contributed by atoms with Crippen molar-refractivity contribution in [2.24, 2.45) is 5.92 Å². The third-order valence-electron chi connectivity index (χ3n) is 6.46. The third kappa shape index (κ3) is 4.53. The molecule has 3 fully saturated rings. The Kier molecular flexibility index (Phi) is 6.34. The van der Waals surface area contributed by atoms with Crippen LogP contribution in [0.15, 0.2) is 30.3 Å². The number of epoxide rings is 1.